The Morgan fingerprint density at radius 1 is 0.467 bits per heavy atom. The van der Waals surface area contributed by atoms with Crippen LogP contribution >= 0.6 is 11.6 Å². The number of rotatable bonds is 8. The van der Waals surface area contributed by atoms with Crippen LogP contribution in [0.4, 0.5) is 34.1 Å². The summed E-state index contributed by atoms with van der Waals surface area (Å²) in [5.74, 6) is 0. The lowest BCUT2D eigenvalue weighted by Gasteiger charge is -2.26. The van der Waals surface area contributed by atoms with E-state index in [4.69, 9.17) is 20.9 Å². The molecule has 10 heteroatoms. The zero-order valence-corrected chi connectivity index (χ0v) is 34.9. The zero-order valence-electron chi connectivity index (χ0n) is 34.2. The van der Waals surface area contributed by atoms with Gasteiger partial charge in [0.05, 0.1) is 41.7 Å². The summed E-state index contributed by atoms with van der Waals surface area (Å²) >= 11 is 5.61. The van der Waals surface area contributed by atoms with Crippen LogP contribution in [0.2, 0.25) is 5.15 Å². The quantitative estimate of drug-likeness (QED) is 0.141. The highest BCUT2D eigenvalue weighted by Crippen LogP contribution is 2.36. The second-order valence-electron chi connectivity index (χ2n) is 14.1. The Kier molecular flexibility index (Phi) is 14.1. The van der Waals surface area contributed by atoms with Crippen molar-refractivity contribution in [2.75, 3.05) is 23.0 Å². The SMILES string of the molecule is Cc1cnc(-c2cccc(N(c3ccccc3)c3ccccc3)c2)c(C)n1.Cc1cnc(Cl)c(C)n1.c1ccc(N(c2ccccc2)c2cccc(B3OCCO3)c2)cc1. The number of aromatic nitrogens is 4. The molecule has 0 atom stereocenters. The van der Waals surface area contributed by atoms with Crippen LogP contribution in [0.15, 0.2) is 182 Å². The maximum atomic E-state index is 5.64. The Bertz CT molecular complexity index is 2500. The molecule has 1 aliphatic rings. The Labute approximate surface area is 358 Å². The number of para-hydroxylation sites is 4. The Morgan fingerprint density at radius 2 is 0.883 bits per heavy atom. The first-order valence-corrected chi connectivity index (χ1v) is 20.2. The minimum atomic E-state index is -0.265. The van der Waals surface area contributed by atoms with Gasteiger partial charge in [0.1, 0.15) is 5.15 Å². The Hall–Kier alpha value is -6.65. The van der Waals surface area contributed by atoms with E-state index in [2.05, 4.69) is 169 Å². The summed E-state index contributed by atoms with van der Waals surface area (Å²) in [6.45, 7) is 8.99. The molecule has 0 amide bonds. The number of hydrogen-bond acceptors (Lipinski definition) is 8. The normalized spacial score (nSPS) is 11.8. The molecule has 0 spiro atoms. The fourth-order valence-corrected chi connectivity index (χ4v) is 6.91. The second kappa shape index (κ2) is 20.4. The van der Waals surface area contributed by atoms with E-state index in [1.807, 2.05) is 64.2 Å². The first-order valence-electron chi connectivity index (χ1n) is 19.8. The van der Waals surface area contributed by atoms with Crippen LogP contribution in [0.25, 0.3) is 11.3 Å². The molecule has 0 unspecified atom stereocenters. The van der Waals surface area contributed by atoms with Crippen molar-refractivity contribution in [3.8, 4) is 11.3 Å². The lowest BCUT2D eigenvalue weighted by Crippen LogP contribution is -2.32. The van der Waals surface area contributed by atoms with Gasteiger partial charge in [-0.2, -0.15) is 0 Å². The van der Waals surface area contributed by atoms with Gasteiger partial charge in [-0.3, -0.25) is 15.0 Å². The number of anilines is 6. The molecule has 6 aromatic carbocycles. The zero-order chi connectivity index (χ0) is 41.7. The molecule has 0 radical (unpaired) electrons. The molecular formula is C50H46BClN6O2. The molecule has 1 saturated heterocycles. The summed E-state index contributed by atoms with van der Waals surface area (Å²) in [4.78, 5) is 21.6. The first-order chi connectivity index (χ1) is 29.3. The van der Waals surface area contributed by atoms with Gasteiger partial charge in [-0.1, -0.05) is 109 Å². The molecule has 60 heavy (non-hydrogen) atoms. The van der Waals surface area contributed by atoms with Gasteiger partial charge in [-0.05, 0) is 106 Å². The van der Waals surface area contributed by atoms with Gasteiger partial charge in [-0.25, -0.2) is 4.98 Å². The maximum Gasteiger partial charge on any atom is 0.494 e. The summed E-state index contributed by atoms with van der Waals surface area (Å²) in [6, 6.07) is 58.3. The van der Waals surface area contributed by atoms with Gasteiger partial charge in [0, 0.05) is 52.1 Å². The van der Waals surface area contributed by atoms with Crippen molar-refractivity contribution in [1.29, 1.82) is 0 Å². The van der Waals surface area contributed by atoms with Crippen LogP contribution in [0.3, 0.4) is 0 Å². The van der Waals surface area contributed by atoms with Crippen LogP contribution in [-0.2, 0) is 9.31 Å². The number of benzene rings is 6. The van der Waals surface area contributed by atoms with Crippen LogP contribution in [0.1, 0.15) is 22.8 Å². The van der Waals surface area contributed by atoms with E-state index in [0.717, 1.165) is 73.6 Å². The van der Waals surface area contributed by atoms with E-state index in [-0.39, 0.29) is 7.12 Å². The lowest BCUT2D eigenvalue weighted by atomic mass is 9.79. The fraction of sp³-hybridized carbons (Fsp3) is 0.120. The highest BCUT2D eigenvalue weighted by molar-refractivity contribution is 6.61. The smallest absolute Gasteiger partial charge is 0.405 e. The van der Waals surface area contributed by atoms with E-state index in [1.165, 1.54) is 0 Å². The summed E-state index contributed by atoms with van der Waals surface area (Å²) in [7, 11) is -0.265. The fourth-order valence-electron chi connectivity index (χ4n) is 6.82. The van der Waals surface area contributed by atoms with Gasteiger partial charge in [0.2, 0.25) is 0 Å². The topological polar surface area (TPSA) is 76.5 Å². The number of halogens is 1. The third-order valence-electron chi connectivity index (χ3n) is 9.53. The van der Waals surface area contributed by atoms with Gasteiger partial charge in [0.15, 0.2) is 0 Å². The van der Waals surface area contributed by atoms with Crippen LogP contribution < -0.4 is 15.3 Å². The van der Waals surface area contributed by atoms with Gasteiger partial charge in [-0.15, -0.1) is 0 Å². The average Bonchev–Trinajstić information content (AvgIpc) is 3.83. The van der Waals surface area contributed by atoms with Crippen molar-refractivity contribution in [3.63, 3.8) is 0 Å². The first kappa shape index (κ1) is 41.5. The predicted molar refractivity (Wildman–Crippen MR) is 247 cm³/mol. The van der Waals surface area contributed by atoms with E-state index in [0.29, 0.717) is 18.4 Å². The largest absolute Gasteiger partial charge is 0.494 e. The van der Waals surface area contributed by atoms with Gasteiger partial charge < -0.3 is 19.1 Å². The molecule has 0 N–H and O–H groups in total. The summed E-state index contributed by atoms with van der Waals surface area (Å²) < 4.78 is 11.3. The third-order valence-corrected chi connectivity index (χ3v) is 9.90. The standard InChI is InChI=1S/C24H21N3.C20H18BNO2.C6H7ClN2/c1-18-17-25-24(19(2)26-18)20-10-9-15-23(16-20)27(21-11-5-3-6-12-21)22-13-7-4-8-14-22;1-3-9-18(10-4-1)22(19-11-5-2-6-12-19)20-13-7-8-17(16-20)21-23-14-15-24-21;1-4-3-8-6(7)5(2)9-4/h3-17H,1-2H3;1-13,16H,14-15H2;3H,1-2H3. The average molecular weight is 809 g/mol. The molecule has 1 fully saturated rings. The highest BCUT2D eigenvalue weighted by atomic mass is 35.5. The molecule has 8 aromatic rings. The maximum absolute atomic E-state index is 5.64. The second-order valence-corrected chi connectivity index (χ2v) is 14.4. The molecule has 9 rings (SSSR count). The molecule has 3 heterocycles. The third kappa shape index (κ3) is 10.7. The van der Waals surface area contributed by atoms with Crippen molar-refractivity contribution in [2.45, 2.75) is 27.7 Å². The van der Waals surface area contributed by atoms with Crippen LogP contribution in [0.5, 0.6) is 0 Å². The minimum Gasteiger partial charge on any atom is -0.405 e. The summed E-state index contributed by atoms with van der Waals surface area (Å²) in [5, 5.41) is 0.487. The molecular weight excluding hydrogens is 763 g/mol. The molecule has 0 saturated carbocycles. The molecule has 2 aromatic heterocycles. The molecule has 1 aliphatic heterocycles. The Morgan fingerprint density at radius 3 is 1.33 bits per heavy atom. The van der Waals surface area contributed by atoms with Crippen molar-refractivity contribution < 1.29 is 9.31 Å². The molecule has 298 valence electrons. The molecule has 0 bridgehead atoms. The monoisotopic (exact) mass is 808 g/mol. The van der Waals surface area contributed by atoms with Crippen molar-refractivity contribution >= 4 is 58.3 Å². The van der Waals surface area contributed by atoms with E-state index < -0.39 is 0 Å². The van der Waals surface area contributed by atoms with E-state index >= 15 is 0 Å². The van der Waals surface area contributed by atoms with Crippen molar-refractivity contribution in [3.05, 3.63) is 210 Å². The summed E-state index contributed by atoms with van der Waals surface area (Å²) in [5.41, 5.74) is 13.2. The van der Waals surface area contributed by atoms with Gasteiger partial charge >= 0.3 is 7.12 Å². The number of nitrogens with zero attached hydrogens (tertiary/aromatic N) is 6. The minimum absolute atomic E-state index is 0.265. The van der Waals surface area contributed by atoms with E-state index in [9.17, 15) is 0 Å². The predicted octanol–water partition coefficient (Wildman–Crippen LogP) is 11.9. The number of aryl methyl sites for hydroxylation is 4. The van der Waals surface area contributed by atoms with E-state index in [1.54, 1.807) is 6.20 Å². The summed E-state index contributed by atoms with van der Waals surface area (Å²) in [6.07, 6.45) is 3.47. The number of hydrogen-bond donors (Lipinski definition) is 0. The van der Waals surface area contributed by atoms with Crippen molar-refractivity contribution in [2.24, 2.45) is 0 Å². The lowest BCUT2D eigenvalue weighted by molar-refractivity contribution is 0.365. The van der Waals surface area contributed by atoms with Crippen LogP contribution in [-0.4, -0.2) is 40.3 Å². The Balaban J connectivity index is 0.000000151. The van der Waals surface area contributed by atoms with Crippen LogP contribution in [0, 0.1) is 27.7 Å². The highest BCUT2D eigenvalue weighted by Gasteiger charge is 2.27. The molecule has 0 aliphatic carbocycles. The molecule has 8 nitrogen and oxygen atoms in total. The van der Waals surface area contributed by atoms with Crippen molar-refractivity contribution in [1.82, 2.24) is 19.9 Å². The van der Waals surface area contributed by atoms with Gasteiger partial charge in [0.25, 0.3) is 0 Å².